The van der Waals surface area contributed by atoms with Crippen molar-refractivity contribution in [3.8, 4) is 11.8 Å². The lowest BCUT2D eigenvalue weighted by Crippen LogP contribution is -2.15. The van der Waals surface area contributed by atoms with E-state index >= 15 is 0 Å². The Labute approximate surface area is 100.0 Å². The Hall–Kier alpha value is -1.24. The van der Waals surface area contributed by atoms with Crippen LogP contribution in [0.2, 0.25) is 5.02 Å². The van der Waals surface area contributed by atoms with E-state index in [1.807, 2.05) is 0 Å². The summed E-state index contributed by atoms with van der Waals surface area (Å²) in [5.41, 5.74) is 0.426. The molecule has 84 valence electrons. The van der Waals surface area contributed by atoms with Gasteiger partial charge in [0.25, 0.3) is 0 Å². The molecule has 1 N–H and O–H groups in total. The summed E-state index contributed by atoms with van der Waals surface area (Å²) < 4.78 is 5.65. The Morgan fingerprint density at radius 2 is 2.44 bits per heavy atom. The molecule has 3 nitrogen and oxygen atoms in total. The van der Waals surface area contributed by atoms with E-state index < -0.39 is 0 Å². The number of benzene rings is 1. The molecular weight excluding hydrogens is 224 g/mol. The Bertz CT molecular complexity index is 408. The molecule has 1 fully saturated rings. The summed E-state index contributed by atoms with van der Waals surface area (Å²) in [4.78, 5) is 0. The van der Waals surface area contributed by atoms with E-state index in [0.717, 1.165) is 19.5 Å². The molecule has 4 heteroatoms. The Morgan fingerprint density at radius 3 is 3.12 bits per heavy atom. The maximum absolute atomic E-state index is 8.96. The lowest BCUT2D eigenvalue weighted by molar-refractivity contribution is 0.259. The summed E-state index contributed by atoms with van der Waals surface area (Å²) in [6.07, 6.45) is 1.13. The van der Waals surface area contributed by atoms with Gasteiger partial charge in [0, 0.05) is 12.5 Å². The molecule has 0 amide bonds. The zero-order valence-electron chi connectivity index (χ0n) is 8.87. The molecule has 0 spiro atoms. The van der Waals surface area contributed by atoms with E-state index in [1.165, 1.54) is 0 Å². The molecule has 1 aromatic carbocycles. The minimum atomic E-state index is 0.426. The molecule has 1 aliphatic heterocycles. The highest BCUT2D eigenvalue weighted by Crippen LogP contribution is 2.26. The Kier molecular flexibility index (Phi) is 3.66. The van der Waals surface area contributed by atoms with Crippen LogP contribution < -0.4 is 10.1 Å². The van der Waals surface area contributed by atoms with Crippen LogP contribution in [-0.2, 0) is 0 Å². The van der Waals surface area contributed by atoms with Gasteiger partial charge in [-0.15, -0.1) is 0 Å². The van der Waals surface area contributed by atoms with Gasteiger partial charge in [0.2, 0.25) is 0 Å². The SMILES string of the molecule is N#Cc1c(Cl)cccc1OCC1CCNC1. The van der Waals surface area contributed by atoms with Crippen LogP contribution in [0, 0.1) is 17.2 Å². The molecule has 0 bridgehead atoms. The van der Waals surface area contributed by atoms with Gasteiger partial charge >= 0.3 is 0 Å². The lowest BCUT2D eigenvalue weighted by atomic mass is 10.1. The van der Waals surface area contributed by atoms with Crippen LogP contribution in [0.25, 0.3) is 0 Å². The van der Waals surface area contributed by atoms with Gasteiger partial charge < -0.3 is 10.1 Å². The third kappa shape index (κ3) is 2.46. The molecule has 1 saturated heterocycles. The number of nitrogens with one attached hydrogen (secondary N) is 1. The fourth-order valence-electron chi connectivity index (χ4n) is 1.80. The molecular formula is C12H13ClN2O. The number of hydrogen-bond donors (Lipinski definition) is 1. The first-order valence-corrected chi connectivity index (χ1v) is 5.71. The normalized spacial score (nSPS) is 19.4. The van der Waals surface area contributed by atoms with E-state index in [-0.39, 0.29) is 0 Å². The lowest BCUT2D eigenvalue weighted by Gasteiger charge is -2.12. The predicted octanol–water partition coefficient (Wildman–Crippen LogP) is 2.20. The molecule has 16 heavy (non-hydrogen) atoms. The Morgan fingerprint density at radius 1 is 1.56 bits per heavy atom. The molecule has 2 rings (SSSR count). The molecule has 1 unspecified atom stereocenters. The molecule has 0 radical (unpaired) electrons. The number of nitrogens with zero attached hydrogens (tertiary/aromatic N) is 1. The van der Waals surface area contributed by atoms with Gasteiger partial charge in [0.15, 0.2) is 0 Å². The summed E-state index contributed by atoms with van der Waals surface area (Å²) in [5.74, 6) is 1.12. The van der Waals surface area contributed by atoms with Gasteiger partial charge in [-0.1, -0.05) is 17.7 Å². The highest BCUT2D eigenvalue weighted by molar-refractivity contribution is 6.31. The third-order valence-electron chi connectivity index (χ3n) is 2.72. The van der Waals surface area contributed by atoms with Crippen molar-refractivity contribution in [1.82, 2.24) is 5.32 Å². The summed E-state index contributed by atoms with van der Waals surface area (Å²) >= 11 is 5.91. The molecule has 1 heterocycles. The molecule has 1 aromatic rings. The monoisotopic (exact) mass is 236 g/mol. The van der Waals surface area contributed by atoms with Crippen molar-refractivity contribution in [2.75, 3.05) is 19.7 Å². The summed E-state index contributed by atoms with van der Waals surface area (Å²) in [6.45, 7) is 2.68. The molecule has 1 aliphatic rings. The fraction of sp³-hybridized carbons (Fsp3) is 0.417. The standard InChI is InChI=1S/C12H13ClN2O/c13-11-2-1-3-12(10(11)6-14)16-8-9-4-5-15-7-9/h1-3,9,15H,4-5,7-8H2. The van der Waals surface area contributed by atoms with Crippen molar-refractivity contribution in [1.29, 1.82) is 5.26 Å². The fourth-order valence-corrected chi connectivity index (χ4v) is 2.01. The zero-order chi connectivity index (χ0) is 11.4. The molecule has 1 atom stereocenters. The number of hydrogen-bond acceptors (Lipinski definition) is 3. The Balaban J connectivity index is 2.03. The predicted molar refractivity (Wildman–Crippen MR) is 62.6 cm³/mol. The molecule has 0 saturated carbocycles. The van der Waals surface area contributed by atoms with E-state index in [2.05, 4.69) is 11.4 Å². The van der Waals surface area contributed by atoms with Crippen LogP contribution >= 0.6 is 11.6 Å². The van der Waals surface area contributed by atoms with E-state index in [0.29, 0.717) is 28.9 Å². The second-order valence-corrected chi connectivity index (χ2v) is 4.30. The van der Waals surface area contributed by atoms with E-state index in [9.17, 15) is 0 Å². The first-order chi connectivity index (χ1) is 7.81. The zero-order valence-corrected chi connectivity index (χ0v) is 9.63. The first-order valence-electron chi connectivity index (χ1n) is 5.33. The summed E-state index contributed by atoms with van der Waals surface area (Å²) in [6, 6.07) is 7.35. The second-order valence-electron chi connectivity index (χ2n) is 3.89. The van der Waals surface area contributed by atoms with Gasteiger partial charge in [-0.3, -0.25) is 0 Å². The topological polar surface area (TPSA) is 45.0 Å². The smallest absolute Gasteiger partial charge is 0.138 e. The van der Waals surface area contributed by atoms with Gasteiger partial charge in [0.05, 0.1) is 11.6 Å². The maximum atomic E-state index is 8.96. The maximum Gasteiger partial charge on any atom is 0.138 e. The number of rotatable bonds is 3. The molecule has 0 aromatic heterocycles. The average Bonchev–Trinajstić information content (AvgIpc) is 2.79. The first kappa shape index (κ1) is 11.3. The van der Waals surface area contributed by atoms with Crippen LogP contribution in [0.1, 0.15) is 12.0 Å². The highest BCUT2D eigenvalue weighted by Gasteiger charge is 2.16. The van der Waals surface area contributed by atoms with Crippen molar-refractivity contribution in [2.24, 2.45) is 5.92 Å². The molecule has 0 aliphatic carbocycles. The number of halogens is 1. The van der Waals surface area contributed by atoms with E-state index in [4.69, 9.17) is 21.6 Å². The van der Waals surface area contributed by atoms with Gasteiger partial charge in [-0.05, 0) is 25.1 Å². The minimum Gasteiger partial charge on any atom is -0.492 e. The van der Waals surface area contributed by atoms with Crippen LogP contribution in [0.4, 0.5) is 0 Å². The van der Waals surface area contributed by atoms with Gasteiger partial charge in [-0.2, -0.15) is 5.26 Å². The minimum absolute atomic E-state index is 0.426. The van der Waals surface area contributed by atoms with Crippen molar-refractivity contribution in [3.63, 3.8) is 0 Å². The van der Waals surface area contributed by atoms with E-state index in [1.54, 1.807) is 18.2 Å². The van der Waals surface area contributed by atoms with Crippen LogP contribution in [0.15, 0.2) is 18.2 Å². The van der Waals surface area contributed by atoms with Crippen molar-refractivity contribution in [3.05, 3.63) is 28.8 Å². The van der Waals surface area contributed by atoms with Crippen LogP contribution in [-0.4, -0.2) is 19.7 Å². The second kappa shape index (κ2) is 5.20. The number of ether oxygens (including phenoxy) is 1. The summed E-state index contributed by atoms with van der Waals surface area (Å²) in [5, 5.41) is 12.7. The van der Waals surface area contributed by atoms with Crippen LogP contribution in [0.5, 0.6) is 5.75 Å². The van der Waals surface area contributed by atoms with Crippen molar-refractivity contribution in [2.45, 2.75) is 6.42 Å². The largest absolute Gasteiger partial charge is 0.492 e. The highest BCUT2D eigenvalue weighted by atomic mass is 35.5. The van der Waals surface area contributed by atoms with Crippen LogP contribution in [0.3, 0.4) is 0 Å². The average molecular weight is 237 g/mol. The number of nitriles is 1. The van der Waals surface area contributed by atoms with Gasteiger partial charge in [-0.25, -0.2) is 0 Å². The van der Waals surface area contributed by atoms with Gasteiger partial charge in [0.1, 0.15) is 17.4 Å². The quantitative estimate of drug-likeness (QED) is 0.875. The third-order valence-corrected chi connectivity index (χ3v) is 3.04. The van der Waals surface area contributed by atoms with Crippen molar-refractivity contribution < 1.29 is 4.74 Å². The van der Waals surface area contributed by atoms with Crippen molar-refractivity contribution >= 4 is 11.6 Å². The summed E-state index contributed by atoms with van der Waals surface area (Å²) in [7, 11) is 0.